The monoisotopic (exact) mass is 514 g/mol. The summed E-state index contributed by atoms with van der Waals surface area (Å²) in [6.07, 6.45) is 2.34. The van der Waals surface area contributed by atoms with E-state index in [4.69, 9.17) is 8.83 Å². The lowest BCUT2D eigenvalue weighted by atomic mass is 9.78. The van der Waals surface area contributed by atoms with Gasteiger partial charge in [0.2, 0.25) is 11.8 Å². The van der Waals surface area contributed by atoms with Gasteiger partial charge in [0, 0.05) is 25.7 Å². The van der Waals surface area contributed by atoms with E-state index >= 15 is 0 Å². The molecule has 0 radical (unpaired) electrons. The van der Waals surface area contributed by atoms with Gasteiger partial charge in [0.25, 0.3) is 0 Å². The van der Waals surface area contributed by atoms with Crippen LogP contribution in [0.2, 0.25) is 0 Å². The van der Waals surface area contributed by atoms with Crippen LogP contribution in [-0.4, -0.2) is 31.7 Å². The molecule has 8 nitrogen and oxygen atoms in total. The summed E-state index contributed by atoms with van der Waals surface area (Å²) in [5.41, 5.74) is 1.67. The first-order valence-electron chi connectivity index (χ1n) is 12.5. The van der Waals surface area contributed by atoms with E-state index in [0.717, 1.165) is 0 Å². The number of oxazole rings is 2. The lowest BCUT2D eigenvalue weighted by Crippen LogP contribution is -2.26. The summed E-state index contributed by atoms with van der Waals surface area (Å²) in [5.74, 6) is 2.11. The Morgan fingerprint density at radius 3 is 1.37 bits per heavy atom. The Morgan fingerprint density at radius 1 is 0.632 bits per heavy atom. The first-order chi connectivity index (χ1) is 17.9. The van der Waals surface area contributed by atoms with Crippen molar-refractivity contribution in [1.82, 2.24) is 9.97 Å². The van der Waals surface area contributed by atoms with E-state index < -0.39 is 0 Å². The summed E-state index contributed by atoms with van der Waals surface area (Å²) in [6.45, 7) is 8.15. The second kappa shape index (κ2) is 9.28. The van der Waals surface area contributed by atoms with Gasteiger partial charge < -0.3 is 19.0 Å². The summed E-state index contributed by atoms with van der Waals surface area (Å²) in [5, 5.41) is 19.6. The summed E-state index contributed by atoms with van der Waals surface area (Å²) in [7, 11) is 0. The molecule has 0 atom stereocenters. The zero-order valence-corrected chi connectivity index (χ0v) is 21.9. The molecule has 2 aromatic carbocycles. The number of aromatic hydroxyl groups is 2. The van der Waals surface area contributed by atoms with Gasteiger partial charge in [0.15, 0.2) is 11.6 Å². The number of para-hydroxylation sites is 2. The number of carbonyl (C=O) groups excluding carboxylic acids is 2. The van der Waals surface area contributed by atoms with Crippen LogP contribution >= 0.6 is 0 Å². The fraction of sp³-hybridized carbons (Fsp3) is 0.333. The van der Waals surface area contributed by atoms with Crippen molar-refractivity contribution in [3.8, 4) is 34.4 Å². The minimum atomic E-state index is -0.0976. The highest BCUT2D eigenvalue weighted by Gasteiger charge is 2.36. The summed E-state index contributed by atoms with van der Waals surface area (Å²) in [4.78, 5) is 32.6. The number of aromatic nitrogens is 2. The Morgan fingerprint density at radius 2 is 1.00 bits per heavy atom. The number of ketones is 2. The lowest BCUT2D eigenvalue weighted by molar-refractivity contribution is 0.0889. The van der Waals surface area contributed by atoms with Crippen LogP contribution in [0.4, 0.5) is 0 Å². The van der Waals surface area contributed by atoms with Gasteiger partial charge in [-0.25, -0.2) is 9.97 Å². The zero-order chi connectivity index (χ0) is 27.2. The molecule has 2 aliphatic carbocycles. The second-order valence-corrected chi connectivity index (χ2v) is 11.5. The van der Waals surface area contributed by atoms with Gasteiger partial charge in [-0.15, -0.1) is 0 Å². The Kier molecular flexibility index (Phi) is 6.21. The van der Waals surface area contributed by atoms with Gasteiger partial charge in [0.1, 0.15) is 34.4 Å². The fourth-order valence-corrected chi connectivity index (χ4v) is 4.95. The largest absolute Gasteiger partial charge is 0.507 e. The van der Waals surface area contributed by atoms with E-state index in [1.165, 1.54) is 0 Å². The number of carbonyl (C=O) groups is 2. The standard InChI is InChI=1S/2C15H15NO3/c2*1-15(2)7-11(18)13-12(8-15)19-14(16-13)9-5-3-4-6-10(9)17/h2*3-6,17H,7-8H2,1-2H3. The Hall–Kier alpha value is -4.20. The smallest absolute Gasteiger partial charge is 0.230 e. The molecule has 0 fully saturated rings. The van der Waals surface area contributed by atoms with Crippen LogP contribution in [0.1, 0.15) is 73.0 Å². The SMILES string of the molecule is CC1(C)CC(=O)c2nc(-c3ccccc3O)oc2C1.CC1(C)CC(=O)c2nc(-c3ccccc3O)oc2C1. The lowest BCUT2D eigenvalue weighted by Gasteiger charge is -2.26. The molecule has 0 saturated heterocycles. The molecule has 2 N–H and O–H groups in total. The van der Waals surface area contributed by atoms with Crippen LogP contribution in [-0.2, 0) is 12.8 Å². The molecule has 2 aliphatic rings. The number of nitrogens with zero attached hydrogens (tertiary/aromatic N) is 2. The summed E-state index contributed by atoms with van der Waals surface area (Å²) in [6, 6.07) is 13.7. The van der Waals surface area contributed by atoms with E-state index in [9.17, 15) is 19.8 Å². The van der Waals surface area contributed by atoms with Crippen molar-refractivity contribution < 1.29 is 28.6 Å². The van der Waals surface area contributed by atoms with Crippen molar-refractivity contribution in [3.05, 3.63) is 71.4 Å². The number of rotatable bonds is 2. The van der Waals surface area contributed by atoms with Crippen LogP contribution < -0.4 is 0 Å². The maximum Gasteiger partial charge on any atom is 0.230 e. The maximum atomic E-state index is 12.0. The van der Waals surface area contributed by atoms with E-state index in [-0.39, 0.29) is 33.9 Å². The normalized spacial score (nSPS) is 17.3. The van der Waals surface area contributed by atoms with Crippen molar-refractivity contribution in [1.29, 1.82) is 0 Å². The molecule has 0 unspecified atom stereocenters. The number of Topliss-reactive ketones (excluding diaryl/α,β-unsaturated/α-hetero) is 2. The predicted octanol–water partition coefficient (Wildman–Crippen LogP) is 6.40. The van der Waals surface area contributed by atoms with Crippen LogP contribution in [0.15, 0.2) is 57.4 Å². The average molecular weight is 515 g/mol. The molecule has 0 amide bonds. The van der Waals surface area contributed by atoms with E-state index in [2.05, 4.69) is 9.97 Å². The van der Waals surface area contributed by atoms with Gasteiger partial charge in [0.05, 0.1) is 11.1 Å². The minimum absolute atomic E-state index is 0.0108. The van der Waals surface area contributed by atoms with Crippen molar-refractivity contribution in [2.24, 2.45) is 10.8 Å². The summed E-state index contributed by atoms with van der Waals surface area (Å²) >= 11 is 0. The Bertz CT molecular complexity index is 1430. The molecule has 4 aromatic rings. The highest BCUT2D eigenvalue weighted by molar-refractivity contribution is 5.97. The van der Waals surface area contributed by atoms with E-state index in [1.54, 1.807) is 48.5 Å². The van der Waals surface area contributed by atoms with Crippen molar-refractivity contribution >= 4 is 11.6 Å². The van der Waals surface area contributed by atoms with E-state index in [0.29, 0.717) is 71.5 Å². The number of phenolic OH excluding ortho intramolecular Hbond substituents is 2. The number of hydrogen-bond donors (Lipinski definition) is 2. The molecule has 0 aliphatic heterocycles. The highest BCUT2D eigenvalue weighted by atomic mass is 16.4. The second-order valence-electron chi connectivity index (χ2n) is 11.5. The third-order valence-corrected chi connectivity index (χ3v) is 6.75. The Labute approximate surface area is 220 Å². The van der Waals surface area contributed by atoms with Gasteiger partial charge in [-0.1, -0.05) is 52.0 Å². The van der Waals surface area contributed by atoms with Gasteiger partial charge in [-0.3, -0.25) is 9.59 Å². The maximum absolute atomic E-state index is 12.0. The van der Waals surface area contributed by atoms with Crippen LogP contribution in [0.25, 0.3) is 22.9 Å². The summed E-state index contributed by atoms with van der Waals surface area (Å²) < 4.78 is 11.4. The minimum Gasteiger partial charge on any atom is -0.507 e. The quantitative estimate of drug-likeness (QED) is 0.314. The molecule has 0 spiro atoms. The van der Waals surface area contributed by atoms with Crippen LogP contribution in [0.5, 0.6) is 11.5 Å². The van der Waals surface area contributed by atoms with Crippen LogP contribution in [0, 0.1) is 10.8 Å². The van der Waals surface area contributed by atoms with Gasteiger partial charge in [-0.2, -0.15) is 0 Å². The molecule has 38 heavy (non-hydrogen) atoms. The van der Waals surface area contributed by atoms with Crippen molar-refractivity contribution in [2.75, 3.05) is 0 Å². The van der Waals surface area contributed by atoms with Crippen molar-refractivity contribution in [2.45, 2.75) is 53.4 Å². The Balaban J connectivity index is 0.000000155. The number of fused-ring (bicyclic) bond motifs is 2. The number of hydrogen-bond acceptors (Lipinski definition) is 8. The van der Waals surface area contributed by atoms with Gasteiger partial charge in [-0.05, 0) is 35.1 Å². The molecule has 6 rings (SSSR count). The molecule has 0 bridgehead atoms. The zero-order valence-electron chi connectivity index (χ0n) is 21.9. The molecule has 2 heterocycles. The van der Waals surface area contributed by atoms with Crippen LogP contribution in [0.3, 0.4) is 0 Å². The predicted molar refractivity (Wildman–Crippen MR) is 140 cm³/mol. The average Bonchev–Trinajstić information content (AvgIpc) is 3.43. The molecule has 8 heteroatoms. The highest BCUT2D eigenvalue weighted by Crippen LogP contribution is 2.39. The molecule has 196 valence electrons. The molecular weight excluding hydrogens is 484 g/mol. The first-order valence-corrected chi connectivity index (χ1v) is 12.5. The molecule has 0 saturated carbocycles. The fourth-order valence-electron chi connectivity index (χ4n) is 4.95. The van der Waals surface area contributed by atoms with Crippen molar-refractivity contribution in [3.63, 3.8) is 0 Å². The third kappa shape index (κ3) is 4.98. The topological polar surface area (TPSA) is 127 Å². The van der Waals surface area contributed by atoms with Gasteiger partial charge >= 0.3 is 0 Å². The molecule has 2 aromatic heterocycles. The molecular formula is C30H30N2O6. The number of phenols is 2. The third-order valence-electron chi connectivity index (χ3n) is 6.75. The van der Waals surface area contributed by atoms with E-state index in [1.807, 2.05) is 27.7 Å². The number of benzene rings is 2. The first kappa shape index (κ1) is 25.4.